The van der Waals surface area contributed by atoms with Gasteiger partial charge in [-0.1, -0.05) is 17.3 Å². The third-order valence-corrected chi connectivity index (χ3v) is 3.88. The van der Waals surface area contributed by atoms with Crippen LogP contribution in [0.4, 0.5) is 5.69 Å². The maximum Gasteiger partial charge on any atom is 0.228 e. The number of para-hydroxylation sites is 2. The van der Waals surface area contributed by atoms with Gasteiger partial charge in [-0.3, -0.25) is 4.79 Å². The van der Waals surface area contributed by atoms with Crippen molar-refractivity contribution in [2.75, 3.05) is 38.2 Å². The number of carbonyl (C=O) groups excluding carboxylic acids is 1. The summed E-state index contributed by atoms with van der Waals surface area (Å²) in [6, 6.07) is 9.69. The summed E-state index contributed by atoms with van der Waals surface area (Å²) in [6.45, 7) is 3.00. The molecule has 3 rings (SSSR count). The molecule has 116 valence electrons. The molecule has 2 aromatic rings. The molecule has 1 fully saturated rings. The minimum Gasteiger partial charge on any atom is -0.495 e. The molecule has 6 nitrogen and oxygen atoms in total. The van der Waals surface area contributed by atoms with E-state index < -0.39 is 0 Å². The molecule has 0 bridgehead atoms. The highest BCUT2D eigenvalue weighted by Gasteiger charge is 2.23. The molecular weight excluding hydrogens is 282 g/mol. The molecule has 0 saturated carbocycles. The number of benzene rings is 1. The first-order valence-corrected chi connectivity index (χ1v) is 7.33. The number of amides is 1. The highest BCUT2D eigenvalue weighted by Crippen LogP contribution is 2.28. The van der Waals surface area contributed by atoms with E-state index in [2.05, 4.69) is 10.1 Å². The average molecular weight is 301 g/mol. The first kappa shape index (κ1) is 14.4. The topological polar surface area (TPSA) is 58.8 Å². The second-order valence-corrected chi connectivity index (χ2v) is 5.21. The fraction of sp³-hybridized carbons (Fsp3) is 0.375. The van der Waals surface area contributed by atoms with Crippen molar-refractivity contribution in [2.24, 2.45) is 0 Å². The lowest BCUT2D eigenvalue weighted by molar-refractivity contribution is -0.130. The van der Waals surface area contributed by atoms with Crippen LogP contribution in [0.2, 0.25) is 0 Å². The number of ether oxygens (including phenoxy) is 1. The van der Waals surface area contributed by atoms with Crippen LogP contribution >= 0.6 is 0 Å². The van der Waals surface area contributed by atoms with E-state index in [0.717, 1.165) is 24.5 Å². The number of hydrogen-bond acceptors (Lipinski definition) is 5. The molecule has 1 aromatic heterocycles. The zero-order valence-corrected chi connectivity index (χ0v) is 12.6. The minimum absolute atomic E-state index is 0.0913. The molecule has 0 atom stereocenters. The number of carbonyl (C=O) groups is 1. The van der Waals surface area contributed by atoms with Crippen molar-refractivity contribution in [3.8, 4) is 5.75 Å². The van der Waals surface area contributed by atoms with Crippen LogP contribution in [0.15, 0.2) is 41.1 Å². The van der Waals surface area contributed by atoms with E-state index in [0.29, 0.717) is 25.2 Å². The van der Waals surface area contributed by atoms with Crippen molar-refractivity contribution < 1.29 is 14.1 Å². The Kier molecular flexibility index (Phi) is 4.27. The van der Waals surface area contributed by atoms with E-state index in [1.54, 1.807) is 13.2 Å². The van der Waals surface area contributed by atoms with E-state index in [9.17, 15) is 4.79 Å². The Morgan fingerprint density at radius 2 is 2.00 bits per heavy atom. The number of piperazine rings is 1. The van der Waals surface area contributed by atoms with Gasteiger partial charge in [0.15, 0.2) is 0 Å². The van der Waals surface area contributed by atoms with Crippen molar-refractivity contribution in [1.82, 2.24) is 10.1 Å². The highest BCUT2D eigenvalue weighted by molar-refractivity contribution is 5.78. The predicted octanol–water partition coefficient (Wildman–Crippen LogP) is 1.57. The molecule has 6 heteroatoms. The third kappa shape index (κ3) is 3.05. The van der Waals surface area contributed by atoms with Crippen molar-refractivity contribution in [1.29, 1.82) is 0 Å². The fourth-order valence-electron chi connectivity index (χ4n) is 2.68. The van der Waals surface area contributed by atoms with Crippen LogP contribution in [0.25, 0.3) is 0 Å². The fourth-order valence-corrected chi connectivity index (χ4v) is 2.68. The van der Waals surface area contributed by atoms with E-state index in [4.69, 9.17) is 9.26 Å². The number of nitrogens with zero attached hydrogens (tertiary/aromatic N) is 3. The monoisotopic (exact) mass is 301 g/mol. The van der Waals surface area contributed by atoms with E-state index >= 15 is 0 Å². The van der Waals surface area contributed by atoms with Crippen molar-refractivity contribution in [3.63, 3.8) is 0 Å². The molecule has 0 N–H and O–H groups in total. The Morgan fingerprint density at radius 3 is 2.68 bits per heavy atom. The summed E-state index contributed by atoms with van der Waals surface area (Å²) in [6.07, 6.45) is 1.79. The van der Waals surface area contributed by atoms with Crippen molar-refractivity contribution >= 4 is 11.6 Å². The van der Waals surface area contributed by atoms with Crippen LogP contribution < -0.4 is 9.64 Å². The summed E-state index contributed by atoms with van der Waals surface area (Å²) in [5.74, 6) is 0.957. The molecule has 0 radical (unpaired) electrons. The van der Waals surface area contributed by atoms with Gasteiger partial charge in [-0.15, -0.1) is 0 Å². The summed E-state index contributed by atoms with van der Waals surface area (Å²) in [5, 5.41) is 3.79. The van der Waals surface area contributed by atoms with Crippen LogP contribution in [0, 0.1) is 0 Å². The summed E-state index contributed by atoms with van der Waals surface area (Å²) in [4.78, 5) is 16.4. The van der Waals surface area contributed by atoms with Gasteiger partial charge in [0, 0.05) is 32.2 Å². The number of anilines is 1. The summed E-state index contributed by atoms with van der Waals surface area (Å²) in [5.41, 5.74) is 1.76. The van der Waals surface area contributed by atoms with Gasteiger partial charge < -0.3 is 19.1 Å². The average Bonchev–Trinajstić information content (AvgIpc) is 3.08. The first-order chi connectivity index (χ1) is 10.8. The van der Waals surface area contributed by atoms with Gasteiger partial charge in [-0.05, 0) is 12.1 Å². The molecule has 1 aliphatic rings. The summed E-state index contributed by atoms with van der Waals surface area (Å²) in [7, 11) is 1.68. The molecule has 1 amide bonds. The van der Waals surface area contributed by atoms with Crippen LogP contribution in [0.1, 0.15) is 5.69 Å². The molecule has 1 saturated heterocycles. The zero-order valence-electron chi connectivity index (χ0n) is 12.6. The Labute approximate surface area is 129 Å². The molecule has 2 heterocycles. The number of aromatic nitrogens is 1. The predicted molar refractivity (Wildman–Crippen MR) is 82.0 cm³/mol. The number of rotatable bonds is 4. The lowest BCUT2D eigenvalue weighted by Gasteiger charge is -2.36. The van der Waals surface area contributed by atoms with E-state index in [1.165, 1.54) is 6.26 Å². The molecule has 1 aromatic carbocycles. The molecule has 0 spiro atoms. The second kappa shape index (κ2) is 6.51. The van der Waals surface area contributed by atoms with Gasteiger partial charge in [0.05, 0.1) is 24.9 Å². The van der Waals surface area contributed by atoms with Crippen LogP contribution in [-0.4, -0.2) is 49.3 Å². The molecule has 0 aliphatic carbocycles. The molecule has 1 aliphatic heterocycles. The maximum absolute atomic E-state index is 12.2. The summed E-state index contributed by atoms with van der Waals surface area (Å²) < 4.78 is 10.2. The third-order valence-electron chi connectivity index (χ3n) is 3.88. The Bertz CT molecular complexity index is 619. The zero-order chi connectivity index (χ0) is 15.4. The van der Waals surface area contributed by atoms with Crippen LogP contribution in [0.5, 0.6) is 5.75 Å². The Balaban J connectivity index is 1.59. The van der Waals surface area contributed by atoms with Crippen LogP contribution in [-0.2, 0) is 11.2 Å². The maximum atomic E-state index is 12.2. The molecule has 0 unspecified atom stereocenters. The van der Waals surface area contributed by atoms with Gasteiger partial charge in [-0.25, -0.2) is 0 Å². The number of hydrogen-bond donors (Lipinski definition) is 0. The van der Waals surface area contributed by atoms with Crippen molar-refractivity contribution in [3.05, 3.63) is 42.3 Å². The van der Waals surface area contributed by atoms with Gasteiger partial charge in [0.25, 0.3) is 0 Å². The number of methoxy groups -OCH3 is 1. The first-order valence-electron chi connectivity index (χ1n) is 7.33. The van der Waals surface area contributed by atoms with E-state index in [1.807, 2.05) is 29.2 Å². The Morgan fingerprint density at radius 1 is 1.23 bits per heavy atom. The van der Waals surface area contributed by atoms with Gasteiger partial charge >= 0.3 is 0 Å². The van der Waals surface area contributed by atoms with Crippen molar-refractivity contribution in [2.45, 2.75) is 6.42 Å². The standard InChI is InChI=1S/C16H19N3O3/c1-21-15-5-3-2-4-14(15)18-7-9-19(10-8-18)16(20)12-13-6-11-22-17-13/h2-6,11H,7-10,12H2,1H3. The van der Waals surface area contributed by atoms with Gasteiger partial charge in [0.1, 0.15) is 12.0 Å². The lowest BCUT2D eigenvalue weighted by atomic mass is 10.2. The lowest BCUT2D eigenvalue weighted by Crippen LogP contribution is -2.49. The van der Waals surface area contributed by atoms with Gasteiger partial charge in [0.2, 0.25) is 5.91 Å². The highest BCUT2D eigenvalue weighted by atomic mass is 16.5. The molecular formula is C16H19N3O3. The summed E-state index contributed by atoms with van der Waals surface area (Å²) >= 11 is 0. The smallest absolute Gasteiger partial charge is 0.228 e. The van der Waals surface area contributed by atoms with Crippen LogP contribution in [0.3, 0.4) is 0 Å². The SMILES string of the molecule is COc1ccccc1N1CCN(C(=O)Cc2ccon2)CC1. The normalized spacial score (nSPS) is 15.0. The quantitative estimate of drug-likeness (QED) is 0.858. The molecule has 22 heavy (non-hydrogen) atoms. The van der Waals surface area contributed by atoms with E-state index in [-0.39, 0.29) is 5.91 Å². The van der Waals surface area contributed by atoms with Gasteiger partial charge in [-0.2, -0.15) is 0 Å². The minimum atomic E-state index is 0.0913. The second-order valence-electron chi connectivity index (χ2n) is 5.21. The Hall–Kier alpha value is -2.50. The largest absolute Gasteiger partial charge is 0.495 e.